The maximum absolute atomic E-state index is 2.40. The van der Waals surface area contributed by atoms with Crippen LogP contribution in [-0.2, 0) is 0 Å². The summed E-state index contributed by atoms with van der Waals surface area (Å²) in [7, 11) is 0. The summed E-state index contributed by atoms with van der Waals surface area (Å²) >= 11 is 0. The second-order valence-electron chi connectivity index (χ2n) is 5.03. The van der Waals surface area contributed by atoms with Gasteiger partial charge in [0, 0.05) is 0 Å². The van der Waals surface area contributed by atoms with E-state index in [0.29, 0.717) is 5.41 Å². The molecule has 0 atom stereocenters. The molecule has 0 aromatic rings. The van der Waals surface area contributed by atoms with Crippen molar-refractivity contribution in [3.8, 4) is 0 Å². The lowest BCUT2D eigenvalue weighted by atomic mass is 9.69. The third-order valence-electron chi connectivity index (χ3n) is 4.16. The van der Waals surface area contributed by atoms with Crippen LogP contribution in [-0.4, -0.2) is 0 Å². The Bertz CT molecular complexity index is 120. The van der Waals surface area contributed by atoms with Gasteiger partial charge < -0.3 is 0 Å². The molecule has 0 aliphatic carbocycles. The van der Waals surface area contributed by atoms with Crippen LogP contribution in [0.1, 0.15) is 79.6 Å². The summed E-state index contributed by atoms with van der Waals surface area (Å²) in [5.41, 5.74) is 0.633. The molecule has 0 aromatic heterocycles. The molecule has 0 aromatic carbocycles. The van der Waals surface area contributed by atoms with Gasteiger partial charge in [-0.2, -0.15) is 0 Å². The van der Waals surface area contributed by atoms with Gasteiger partial charge in [-0.25, -0.2) is 0 Å². The van der Waals surface area contributed by atoms with Gasteiger partial charge in [0.05, 0.1) is 0 Å². The van der Waals surface area contributed by atoms with E-state index in [9.17, 15) is 0 Å². The third-order valence-corrected chi connectivity index (χ3v) is 4.16. The van der Waals surface area contributed by atoms with E-state index in [0.717, 1.165) is 5.92 Å². The first-order chi connectivity index (χ1) is 6.63. The summed E-state index contributed by atoms with van der Waals surface area (Å²) < 4.78 is 0. The molecule has 0 saturated carbocycles. The molecular weight excluding hydrogens is 168 g/mol. The highest BCUT2D eigenvalue weighted by atomic mass is 14.3. The molecule has 0 amide bonds. The molecule has 86 valence electrons. The van der Waals surface area contributed by atoms with Crippen molar-refractivity contribution < 1.29 is 0 Å². The Labute approximate surface area is 91.5 Å². The lowest BCUT2D eigenvalue weighted by Gasteiger charge is -2.36. The molecule has 0 aliphatic rings. The monoisotopic (exact) mass is 198 g/mol. The minimum absolute atomic E-state index is 0.633. The van der Waals surface area contributed by atoms with Crippen LogP contribution < -0.4 is 0 Å². The van der Waals surface area contributed by atoms with Gasteiger partial charge in [0.25, 0.3) is 0 Å². The fourth-order valence-corrected chi connectivity index (χ4v) is 2.61. The second-order valence-corrected chi connectivity index (χ2v) is 5.03. The second kappa shape index (κ2) is 7.31. The van der Waals surface area contributed by atoms with Gasteiger partial charge in [0.15, 0.2) is 0 Å². The average molecular weight is 198 g/mol. The third kappa shape index (κ3) is 4.02. The SMILES string of the molecule is CCCCCCC(CC)(CC)C(C)C. The summed E-state index contributed by atoms with van der Waals surface area (Å²) in [6, 6.07) is 0. The van der Waals surface area contributed by atoms with Crippen molar-refractivity contribution in [1.82, 2.24) is 0 Å². The van der Waals surface area contributed by atoms with E-state index in [2.05, 4.69) is 34.6 Å². The lowest BCUT2D eigenvalue weighted by Crippen LogP contribution is -2.25. The van der Waals surface area contributed by atoms with Crippen molar-refractivity contribution in [2.75, 3.05) is 0 Å². The van der Waals surface area contributed by atoms with Gasteiger partial charge in [-0.05, 0) is 17.8 Å². The van der Waals surface area contributed by atoms with Gasteiger partial charge in [-0.15, -0.1) is 0 Å². The zero-order chi connectivity index (χ0) is 11.0. The molecule has 0 fully saturated rings. The van der Waals surface area contributed by atoms with Crippen molar-refractivity contribution in [2.45, 2.75) is 79.6 Å². The minimum Gasteiger partial charge on any atom is -0.0654 e. The van der Waals surface area contributed by atoms with E-state index in [-0.39, 0.29) is 0 Å². The zero-order valence-electron chi connectivity index (χ0n) is 11.0. The number of unbranched alkanes of at least 4 members (excludes halogenated alkanes) is 3. The molecule has 0 bridgehead atoms. The van der Waals surface area contributed by atoms with E-state index in [1.807, 2.05) is 0 Å². The maximum Gasteiger partial charge on any atom is -0.0280 e. The van der Waals surface area contributed by atoms with E-state index in [4.69, 9.17) is 0 Å². The fraction of sp³-hybridized carbons (Fsp3) is 1.00. The van der Waals surface area contributed by atoms with E-state index >= 15 is 0 Å². The highest BCUT2D eigenvalue weighted by molar-refractivity contribution is 4.79. The maximum atomic E-state index is 2.40. The first-order valence-electron chi connectivity index (χ1n) is 6.63. The normalized spacial score (nSPS) is 12.4. The van der Waals surface area contributed by atoms with Gasteiger partial charge in [0.2, 0.25) is 0 Å². The molecule has 0 unspecified atom stereocenters. The summed E-state index contributed by atoms with van der Waals surface area (Å²) in [5, 5.41) is 0. The number of hydrogen-bond acceptors (Lipinski definition) is 0. The van der Waals surface area contributed by atoms with Crippen LogP contribution in [0, 0.1) is 11.3 Å². The molecule has 14 heavy (non-hydrogen) atoms. The Morgan fingerprint density at radius 2 is 1.43 bits per heavy atom. The predicted octanol–water partition coefficient (Wildman–Crippen LogP) is 5.42. The van der Waals surface area contributed by atoms with Crippen LogP contribution in [0.5, 0.6) is 0 Å². The van der Waals surface area contributed by atoms with Gasteiger partial charge in [-0.1, -0.05) is 73.1 Å². The Morgan fingerprint density at radius 1 is 0.857 bits per heavy atom. The number of hydrogen-bond donors (Lipinski definition) is 0. The van der Waals surface area contributed by atoms with Crippen LogP contribution >= 0.6 is 0 Å². The molecule has 0 radical (unpaired) electrons. The van der Waals surface area contributed by atoms with Crippen LogP contribution in [0.2, 0.25) is 0 Å². The van der Waals surface area contributed by atoms with Crippen molar-refractivity contribution in [3.05, 3.63) is 0 Å². The molecule has 0 spiro atoms. The highest BCUT2D eigenvalue weighted by Crippen LogP contribution is 2.40. The minimum atomic E-state index is 0.633. The smallest absolute Gasteiger partial charge is 0.0280 e. The molecule has 0 heterocycles. The van der Waals surface area contributed by atoms with Crippen LogP contribution in [0.25, 0.3) is 0 Å². The fourth-order valence-electron chi connectivity index (χ4n) is 2.61. The summed E-state index contributed by atoms with van der Waals surface area (Å²) in [6.45, 7) is 11.8. The largest absolute Gasteiger partial charge is 0.0654 e. The first kappa shape index (κ1) is 14.0. The molecule has 0 rings (SSSR count). The average Bonchev–Trinajstić information content (AvgIpc) is 2.18. The van der Waals surface area contributed by atoms with Gasteiger partial charge in [-0.3, -0.25) is 0 Å². The standard InChI is InChI=1S/C14H30/c1-6-9-10-11-12-14(7-2,8-3)13(4)5/h13H,6-12H2,1-5H3. The number of rotatable bonds is 8. The Hall–Kier alpha value is 0. The topological polar surface area (TPSA) is 0 Å². The van der Waals surface area contributed by atoms with Crippen molar-refractivity contribution in [1.29, 1.82) is 0 Å². The molecule has 0 heteroatoms. The van der Waals surface area contributed by atoms with Crippen LogP contribution in [0.4, 0.5) is 0 Å². The summed E-state index contributed by atoms with van der Waals surface area (Å²) in [4.78, 5) is 0. The molecule has 0 saturated heterocycles. The Kier molecular flexibility index (Phi) is 7.31. The van der Waals surface area contributed by atoms with Crippen molar-refractivity contribution in [3.63, 3.8) is 0 Å². The first-order valence-corrected chi connectivity index (χ1v) is 6.63. The Balaban J connectivity index is 3.95. The highest BCUT2D eigenvalue weighted by Gasteiger charge is 2.28. The molecule has 0 nitrogen and oxygen atoms in total. The molecule has 0 aliphatic heterocycles. The van der Waals surface area contributed by atoms with Crippen LogP contribution in [0.15, 0.2) is 0 Å². The lowest BCUT2D eigenvalue weighted by molar-refractivity contribution is 0.148. The quantitative estimate of drug-likeness (QED) is 0.457. The molecule has 0 N–H and O–H groups in total. The predicted molar refractivity (Wildman–Crippen MR) is 66.6 cm³/mol. The van der Waals surface area contributed by atoms with Crippen molar-refractivity contribution >= 4 is 0 Å². The van der Waals surface area contributed by atoms with Gasteiger partial charge >= 0.3 is 0 Å². The summed E-state index contributed by atoms with van der Waals surface area (Å²) in [5.74, 6) is 0.846. The molecular formula is C14H30. The van der Waals surface area contributed by atoms with Crippen LogP contribution in [0.3, 0.4) is 0 Å². The van der Waals surface area contributed by atoms with E-state index in [1.54, 1.807) is 0 Å². The van der Waals surface area contributed by atoms with Gasteiger partial charge in [0.1, 0.15) is 0 Å². The van der Waals surface area contributed by atoms with E-state index in [1.165, 1.54) is 44.9 Å². The zero-order valence-corrected chi connectivity index (χ0v) is 11.0. The van der Waals surface area contributed by atoms with Crippen molar-refractivity contribution in [2.24, 2.45) is 11.3 Å². The van der Waals surface area contributed by atoms with E-state index < -0.39 is 0 Å². The summed E-state index contributed by atoms with van der Waals surface area (Å²) in [6.07, 6.45) is 9.80. The Morgan fingerprint density at radius 3 is 1.79 bits per heavy atom.